The number of nitriles is 1. The normalized spacial score (nSPS) is 10.9. The predicted octanol–water partition coefficient (Wildman–Crippen LogP) is 2.20. The lowest BCUT2D eigenvalue weighted by atomic mass is 10.2. The summed E-state index contributed by atoms with van der Waals surface area (Å²) in [5.74, 6) is 1.24. The zero-order chi connectivity index (χ0) is 14.5. The molecule has 0 radical (unpaired) electrons. The second-order valence-corrected chi connectivity index (χ2v) is 5.22. The molecule has 0 atom stereocenters. The molecule has 2 heterocycles. The van der Waals surface area contributed by atoms with E-state index in [9.17, 15) is 5.11 Å². The Kier molecular flexibility index (Phi) is 4.59. The molecule has 0 aliphatic rings. The SMILES string of the molecule is CC(C)CN(CCC#N)c1nc2ccccn2c1CO. The fraction of sp³-hybridized carbons (Fsp3) is 0.467. The number of hydrogen-bond acceptors (Lipinski definition) is 4. The summed E-state index contributed by atoms with van der Waals surface area (Å²) in [5.41, 5.74) is 1.59. The molecule has 20 heavy (non-hydrogen) atoms. The van der Waals surface area contributed by atoms with Crippen molar-refractivity contribution in [2.45, 2.75) is 26.9 Å². The Morgan fingerprint density at radius 3 is 2.90 bits per heavy atom. The fourth-order valence-corrected chi connectivity index (χ4v) is 2.34. The van der Waals surface area contributed by atoms with Crippen molar-refractivity contribution in [2.75, 3.05) is 18.0 Å². The minimum absolute atomic E-state index is 0.0678. The van der Waals surface area contributed by atoms with Crippen LogP contribution >= 0.6 is 0 Å². The van der Waals surface area contributed by atoms with E-state index in [0.717, 1.165) is 23.7 Å². The summed E-state index contributed by atoms with van der Waals surface area (Å²) in [6, 6.07) is 7.93. The third-order valence-electron chi connectivity index (χ3n) is 3.14. The van der Waals surface area contributed by atoms with E-state index in [1.54, 1.807) is 0 Å². The molecule has 0 saturated heterocycles. The number of pyridine rings is 1. The van der Waals surface area contributed by atoms with Crippen molar-refractivity contribution < 1.29 is 5.11 Å². The molecule has 0 bridgehead atoms. The summed E-state index contributed by atoms with van der Waals surface area (Å²) in [7, 11) is 0. The summed E-state index contributed by atoms with van der Waals surface area (Å²) < 4.78 is 1.90. The van der Waals surface area contributed by atoms with Gasteiger partial charge in [-0.1, -0.05) is 19.9 Å². The highest BCUT2D eigenvalue weighted by atomic mass is 16.3. The molecule has 5 heteroatoms. The van der Waals surface area contributed by atoms with E-state index < -0.39 is 0 Å². The van der Waals surface area contributed by atoms with Crippen LogP contribution in [0.15, 0.2) is 24.4 Å². The summed E-state index contributed by atoms with van der Waals surface area (Å²) in [6.45, 7) is 5.65. The molecule has 0 aliphatic carbocycles. The monoisotopic (exact) mass is 272 g/mol. The molecule has 0 amide bonds. The summed E-state index contributed by atoms with van der Waals surface area (Å²) in [6.07, 6.45) is 2.35. The first kappa shape index (κ1) is 14.4. The van der Waals surface area contributed by atoms with Crippen LogP contribution in [0.5, 0.6) is 0 Å². The average molecular weight is 272 g/mol. The van der Waals surface area contributed by atoms with Crippen LogP contribution < -0.4 is 4.90 Å². The predicted molar refractivity (Wildman–Crippen MR) is 78.4 cm³/mol. The van der Waals surface area contributed by atoms with E-state index in [2.05, 4.69) is 29.8 Å². The highest BCUT2D eigenvalue weighted by molar-refractivity contribution is 5.55. The maximum Gasteiger partial charge on any atom is 0.153 e. The number of rotatable bonds is 6. The highest BCUT2D eigenvalue weighted by Gasteiger charge is 2.18. The maximum absolute atomic E-state index is 9.66. The molecule has 0 aliphatic heterocycles. The third kappa shape index (κ3) is 2.91. The Bertz CT molecular complexity index is 612. The molecular weight excluding hydrogens is 252 g/mol. The van der Waals surface area contributed by atoms with Crippen LogP contribution in [0.2, 0.25) is 0 Å². The first-order chi connectivity index (χ1) is 9.67. The quantitative estimate of drug-likeness (QED) is 0.875. The molecule has 2 aromatic rings. The highest BCUT2D eigenvalue weighted by Crippen LogP contribution is 2.23. The van der Waals surface area contributed by atoms with Crippen LogP contribution in [0, 0.1) is 17.2 Å². The van der Waals surface area contributed by atoms with Crippen LogP contribution in [0.1, 0.15) is 26.0 Å². The standard InChI is InChI=1S/C15H20N4O/c1-12(2)10-18(8-5-7-16)15-13(11-20)19-9-4-3-6-14(19)17-15/h3-4,6,9,12,20H,5,8,10-11H2,1-2H3. The second-order valence-electron chi connectivity index (χ2n) is 5.22. The minimum Gasteiger partial charge on any atom is -0.390 e. The minimum atomic E-state index is -0.0678. The van der Waals surface area contributed by atoms with Crippen molar-refractivity contribution in [3.8, 4) is 6.07 Å². The number of imidazole rings is 1. The third-order valence-corrected chi connectivity index (χ3v) is 3.14. The molecule has 0 aromatic carbocycles. The van der Waals surface area contributed by atoms with Crippen molar-refractivity contribution in [3.05, 3.63) is 30.1 Å². The number of aromatic nitrogens is 2. The van der Waals surface area contributed by atoms with Crippen molar-refractivity contribution in [2.24, 2.45) is 5.92 Å². The van der Waals surface area contributed by atoms with Gasteiger partial charge in [-0.15, -0.1) is 0 Å². The van der Waals surface area contributed by atoms with Gasteiger partial charge in [0.25, 0.3) is 0 Å². The smallest absolute Gasteiger partial charge is 0.153 e. The number of aliphatic hydroxyl groups excluding tert-OH is 1. The summed E-state index contributed by atoms with van der Waals surface area (Å²) in [4.78, 5) is 6.70. The first-order valence-electron chi connectivity index (χ1n) is 6.86. The lowest BCUT2D eigenvalue weighted by Gasteiger charge is -2.24. The molecule has 0 fully saturated rings. The molecule has 0 saturated carbocycles. The largest absolute Gasteiger partial charge is 0.390 e. The molecule has 5 nitrogen and oxygen atoms in total. The van der Waals surface area contributed by atoms with Gasteiger partial charge in [-0.25, -0.2) is 4.98 Å². The van der Waals surface area contributed by atoms with E-state index in [0.29, 0.717) is 18.9 Å². The van der Waals surface area contributed by atoms with Gasteiger partial charge in [0.1, 0.15) is 5.65 Å². The van der Waals surface area contributed by atoms with Gasteiger partial charge in [0, 0.05) is 19.3 Å². The van der Waals surface area contributed by atoms with Crippen molar-refractivity contribution in [1.82, 2.24) is 9.38 Å². The van der Waals surface area contributed by atoms with E-state index >= 15 is 0 Å². The van der Waals surface area contributed by atoms with Crippen LogP contribution in [-0.4, -0.2) is 27.6 Å². The van der Waals surface area contributed by atoms with Gasteiger partial charge >= 0.3 is 0 Å². The van der Waals surface area contributed by atoms with Gasteiger partial charge < -0.3 is 10.0 Å². The van der Waals surface area contributed by atoms with Gasteiger partial charge in [0.15, 0.2) is 5.82 Å². The number of aliphatic hydroxyl groups is 1. The Hall–Kier alpha value is -2.06. The van der Waals surface area contributed by atoms with Gasteiger partial charge in [0.05, 0.1) is 24.8 Å². The molecule has 1 N–H and O–H groups in total. The average Bonchev–Trinajstić information content (AvgIpc) is 2.81. The van der Waals surface area contributed by atoms with Crippen molar-refractivity contribution in [3.63, 3.8) is 0 Å². The number of anilines is 1. The van der Waals surface area contributed by atoms with Crippen LogP contribution in [0.3, 0.4) is 0 Å². The maximum atomic E-state index is 9.66. The van der Waals surface area contributed by atoms with E-state index in [-0.39, 0.29) is 6.61 Å². The molecule has 0 unspecified atom stereocenters. The van der Waals surface area contributed by atoms with Crippen LogP contribution in [0.4, 0.5) is 5.82 Å². The Labute approximate surface area is 119 Å². The zero-order valence-electron chi connectivity index (χ0n) is 12.0. The molecular formula is C15H20N4O. The van der Waals surface area contributed by atoms with Crippen LogP contribution in [0.25, 0.3) is 5.65 Å². The molecule has 2 rings (SSSR count). The number of fused-ring (bicyclic) bond motifs is 1. The molecule has 0 spiro atoms. The lowest BCUT2D eigenvalue weighted by Crippen LogP contribution is -2.29. The fourth-order valence-electron chi connectivity index (χ4n) is 2.34. The number of hydrogen-bond donors (Lipinski definition) is 1. The van der Waals surface area contributed by atoms with Gasteiger partial charge in [-0.05, 0) is 18.1 Å². The van der Waals surface area contributed by atoms with E-state index in [4.69, 9.17) is 5.26 Å². The summed E-state index contributed by atoms with van der Waals surface area (Å²) >= 11 is 0. The number of nitrogens with zero attached hydrogens (tertiary/aromatic N) is 4. The van der Waals surface area contributed by atoms with Crippen LogP contribution in [-0.2, 0) is 6.61 Å². The van der Waals surface area contributed by atoms with Gasteiger partial charge in [-0.2, -0.15) is 5.26 Å². The van der Waals surface area contributed by atoms with Crippen molar-refractivity contribution >= 4 is 11.5 Å². The topological polar surface area (TPSA) is 64.6 Å². The lowest BCUT2D eigenvalue weighted by molar-refractivity contribution is 0.276. The Morgan fingerprint density at radius 1 is 1.45 bits per heavy atom. The molecule has 2 aromatic heterocycles. The Balaban J connectivity index is 2.43. The van der Waals surface area contributed by atoms with E-state index in [1.165, 1.54) is 0 Å². The van der Waals surface area contributed by atoms with Gasteiger partial charge in [0.2, 0.25) is 0 Å². The van der Waals surface area contributed by atoms with Gasteiger partial charge in [-0.3, -0.25) is 4.40 Å². The van der Waals surface area contributed by atoms with Crippen molar-refractivity contribution in [1.29, 1.82) is 5.26 Å². The second kappa shape index (κ2) is 6.40. The Morgan fingerprint density at radius 2 is 2.25 bits per heavy atom. The zero-order valence-corrected chi connectivity index (χ0v) is 12.0. The summed E-state index contributed by atoms with van der Waals surface area (Å²) in [5, 5.41) is 18.5. The molecule has 106 valence electrons. The first-order valence-corrected chi connectivity index (χ1v) is 6.86. The van der Waals surface area contributed by atoms with E-state index in [1.807, 2.05) is 28.8 Å².